The van der Waals surface area contributed by atoms with Crippen molar-refractivity contribution in [3.05, 3.63) is 11.6 Å². The second-order valence-electron chi connectivity index (χ2n) is 8.71. The molecule has 1 N–H and O–H groups in total. The number of rotatable bonds is 5. The molecule has 0 amide bonds. The molecule has 6 heteroatoms. The fourth-order valence-corrected chi connectivity index (χ4v) is 5.56. The number of esters is 1. The Labute approximate surface area is 153 Å². The van der Waals surface area contributed by atoms with Crippen LogP contribution in [-0.4, -0.2) is 54.0 Å². The average molecular weight is 364 g/mol. The maximum atomic E-state index is 12.2. The number of allylic oxidation sites excluding steroid dienone is 1. The third-order valence-corrected chi connectivity index (χ3v) is 7.42. The molecule has 26 heavy (non-hydrogen) atoms. The van der Waals surface area contributed by atoms with Gasteiger partial charge >= 0.3 is 5.97 Å². The number of ether oxygens (including phenoxy) is 3. The first-order chi connectivity index (χ1) is 12.2. The summed E-state index contributed by atoms with van der Waals surface area (Å²) in [4.78, 5) is 23.3. The van der Waals surface area contributed by atoms with Crippen molar-refractivity contribution in [1.82, 2.24) is 0 Å². The molecule has 1 spiro atoms. The van der Waals surface area contributed by atoms with Gasteiger partial charge in [-0.2, -0.15) is 0 Å². The molecule has 4 aliphatic rings. The van der Waals surface area contributed by atoms with E-state index in [0.717, 1.165) is 12.8 Å². The lowest BCUT2D eigenvalue weighted by Gasteiger charge is -2.58. The molecule has 1 saturated carbocycles. The normalized spacial score (nSPS) is 45.8. The Kier molecular flexibility index (Phi) is 4.10. The molecule has 6 atom stereocenters. The Morgan fingerprint density at radius 2 is 2.12 bits per heavy atom. The van der Waals surface area contributed by atoms with Gasteiger partial charge in [0.05, 0.1) is 31.3 Å². The van der Waals surface area contributed by atoms with Crippen molar-refractivity contribution in [1.29, 1.82) is 0 Å². The summed E-state index contributed by atoms with van der Waals surface area (Å²) in [6, 6.07) is 0. The van der Waals surface area contributed by atoms with Crippen LogP contribution in [0.3, 0.4) is 0 Å². The molecule has 0 aromatic carbocycles. The Hall–Kier alpha value is -1.24. The first kappa shape index (κ1) is 18.1. The Morgan fingerprint density at radius 3 is 2.77 bits per heavy atom. The highest BCUT2D eigenvalue weighted by Crippen LogP contribution is 2.71. The minimum atomic E-state index is -0.553. The number of fused-ring (bicyclic) bond motifs is 2. The molecule has 0 aromatic heterocycles. The predicted molar refractivity (Wildman–Crippen MR) is 92.4 cm³/mol. The van der Waals surface area contributed by atoms with Crippen LogP contribution in [0.4, 0.5) is 0 Å². The average Bonchev–Trinajstić information content (AvgIpc) is 3.36. The lowest BCUT2D eigenvalue weighted by Crippen LogP contribution is -2.66. The molecule has 2 heterocycles. The molecule has 4 rings (SSSR count). The summed E-state index contributed by atoms with van der Waals surface area (Å²) in [6.45, 7) is 6.41. The van der Waals surface area contributed by atoms with E-state index in [1.54, 1.807) is 0 Å². The molecular formula is C20H28O6. The fourth-order valence-electron chi connectivity index (χ4n) is 5.56. The van der Waals surface area contributed by atoms with Crippen LogP contribution < -0.4 is 0 Å². The van der Waals surface area contributed by atoms with Crippen molar-refractivity contribution in [3.8, 4) is 0 Å². The van der Waals surface area contributed by atoms with Gasteiger partial charge in [0, 0.05) is 23.7 Å². The molecule has 1 unspecified atom stereocenters. The van der Waals surface area contributed by atoms with Crippen LogP contribution >= 0.6 is 0 Å². The van der Waals surface area contributed by atoms with Crippen molar-refractivity contribution >= 4 is 11.8 Å². The monoisotopic (exact) mass is 364 g/mol. The van der Waals surface area contributed by atoms with E-state index in [1.807, 2.05) is 0 Å². The number of ketones is 1. The van der Waals surface area contributed by atoms with E-state index in [0.29, 0.717) is 13.0 Å². The quantitative estimate of drug-likeness (QED) is 0.456. The highest BCUT2D eigenvalue weighted by molar-refractivity contribution is 5.81. The molecule has 2 aliphatic heterocycles. The van der Waals surface area contributed by atoms with E-state index in [1.165, 1.54) is 12.5 Å². The summed E-state index contributed by atoms with van der Waals surface area (Å²) in [7, 11) is 0. The Morgan fingerprint density at radius 1 is 1.38 bits per heavy atom. The Bertz CT molecular complexity index is 665. The third kappa shape index (κ3) is 2.28. The van der Waals surface area contributed by atoms with E-state index in [2.05, 4.69) is 19.9 Å². The minimum absolute atomic E-state index is 0.0263. The van der Waals surface area contributed by atoms with Crippen LogP contribution in [0.5, 0.6) is 0 Å². The number of carbonyl (C=O) groups is 2. The van der Waals surface area contributed by atoms with E-state index in [-0.39, 0.29) is 43.4 Å². The molecular weight excluding hydrogens is 336 g/mol. The van der Waals surface area contributed by atoms with Crippen LogP contribution in [0.25, 0.3) is 0 Å². The van der Waals surface area contributed by atoms with Crippen LogP contribution in [0.1, 0.15) is 52.9 Å². The van der Waals surface area contributed by atoms with E-state index < -0.39 is 22.5 Å². The molecule has 144 valence electrons. The summed E-state index contributed by atoms with van der Waals surface area (Å²) in [6.07, 6.45) is 3.78. The zero-order valence-electron chi connectivity index (χ0n) is 15.7. The van der Waals surface area contributed by atoms with E-state index >= 15 is 0 Å². The summed E-state index contributed by atoms with van der Waals surface area (Å²) in [5.74, 6) is -0.398. The summed E-state index contributed by atoms with van der Waals surface area (Å²) < 4.78 is 17.9. The van der Waals surface area contributed by atoms with E-state index in [9.17, 15) is 14.7 Å². The fraction of sp³-hybridized carbons (Fsp3) is 0.800. The first-order valence-electron chi connectivity index (χ1n) is 9.55. The maximum Gasteiger partial charge on any atom is 0.306 e. The number of Topliss-reactive ketones (excluding diaryl/α,β-unsaturated/α-hetero) is 1. The highest BCUT2D eigenvalue weighted by Gasteiger charge is 2.81. The number of epoxide rings is 1. The van der Waals surface area contributed by atoms with Gasteiger partial charge in [-0.05, 0) is 26.7 Å². The van der Waals surface area contributed by atoms with Crippen molar-refractivity contribution in [2.24, 2.45) is 10.8 Å². The van der Waals surface area contributed by atoms with Gasteiger partial charge in [-0.1, -0.05) is 18.6 Å². The molecule has 6 nitrogen and oxygen atoms in total. The lowest BCUT2D eigenvalue weighted by molar-refractivity contribution is -0.230. The molecule has 0 radical (unpaired) electrons. The third-order valence-electron chi connectivity index (χ3n) is 7.42. The van der Waals surface area contributed by atoms with Gasteiger partial charge < -0.3 is 24.1 Å². The molecule has 2 aliphatic carbocycles. The minimum Gasteiger partial charge on any atom is -0.465 e. The SMILES string of the molecule is CC(=O)CCC(=O)OC[C@@]12CCC(C)=C[C@@H]1O[C@H]1C[C@@H](O)[C@]2(C)C12CO2. The largest absolute Gasteiger partial charge is 0.465 e. The van der Waals surface area contributed by atoms with Gasteiger partial charge in [-0.25, -0.2) is 0 Å². The van der Waals surface area contributed by atoms with Crippen LogP contribution in [0.2, 0.25) is 0 Å². The van der Waals surface area contributed by atoms with Crippen LogP contribution in [0.15, 0.2) is 11.6 Å². The topological polar surface area (TPSA) is 85.4 Å². The molecule has 0 aromatic rings. The van der Waals surface area contributed by atoms with Gasteiger partial charge in [0.2, 0.25) is 0 Å². The number of aliphatic hydroxyl groups excluding tert-OH is 1. The number of aliphatic hydroxyl groups is 1. The van der Waals surface area contributed by atoms with Crippen molar-refractivity contribution < 1.29 is 28.9 Å². The van der Waals surface area contributed by atoms with E-state index in [4.69, 9.17) is 14.2 Å². The van der Waals surface area contributed by atoms with Gasteiger partial charge in [0.15, 0.2) is 0 Å². The summed E-state index contributed by atoms with van der Waals surface area (Å²) in [5, 5.41) is 11.0. The zero-order chi connectivity index (χ0) is 18.7. The number of carbonyl (C=O) groups excluding carboxylic acids is 2. The van der Waals surface area contributed by atoms with Gasteiger partial charge in [-0.3, -0.25) is 4.79 Å². The number of hydrogen-bond donors (Lipinski definition) is 1. The van der Waals surface area contributed by atoms with Gasteiger partial charge in [-0.15, -0.1) is 0 Å². The standard InChI is InChI=1S/C20H28O6/c1-12-6-7-19(10-24-17(23)5-4-13(2)21)15(8-12)26-16-9-14(22)18(19,3)20(16)11-25-20/h8,14-16,22H,4-7,9-11H2,1-3H3/t14-,15+,16+,18+,19+,20?/m1/s1. The maximum absolute atomic E-state index is 12.2. The van der Waals surface area contributed by atoms with Crippen molar-refractivity contribution in [3.63, 3.8) is 0 Å². The predicted octanol–water partition coefficient (Wildman–Crippen LogP) is 1.93. The van der Waals surface area contributed by atoms with Crippen LogP contribution in [0, 0.1) is 10.8 Å². The van der Waals surface area contributed by atoms with Crippen LogP contribution in [-0.2, 0) is 23.8 Å². The summed E-state index contributed by atoms with van der Waals surface area (Å²) >= 11 is 0. The van der Waals surface area contributed by atoms with Crippen molar-refractivity contribution in [2.75, 3.05) is 13.2 Å². The highest BCUT2D eigenvalue weighted by atomic mass is 16.6. The second kappa shape index (κ2) is 5.88. The molecule has 2 saturated heterocycles. The second-order valence-corrected chi connectivity index (χ2v) is 8.71. The Balaban J connectivity index is 1.63. The van der Waals surface area contributed by atoms with Crippen molar-refractivity contribution in [2.45, 2.75) is 76.8 Å². The first-order valence-corrected chi connectivity index (χ1v) is 9.55. The van der Waals surface area contributed by atoms with Gasteiger partial charge in [0.25, 0.3) is 0 Å². The summed E-state index contributed by atoms with van der Waals surface area (Å²) in [5.41, 5.74) is -0.237. The lowest BCUT2D eigenvalue weighted by atomic mass is 9.51. The molecule has 2 bridgehead atoms. The number of hydrogen-bond acceptors (Lipinski definition) is 6. The zero-order valence-corrected chi connectivity index (χ0v) is 15.7. The smallest absolute Gasteiger partial charge is 0.306 e. The molecule has 3 fully saturated rings. The van der Waals surface area contributed by atoms with Gasteiger partial charge in [0.1, 0.15) is 18.0 Å².